The molecule has 1 saturated heterocycles. The molecule has 5 rings (SSSR count). The summed E-state index contributed by atoms with van der Waals surface area (Å²) < 4.78 is 1.56. The molecule has 0 radical (unpaired) electrons. The first-order chi connectivity index (χ1) is 15.0. The Morgan fingerprint density at radius 2 is 1.84 bits per heavy atom. The Labute approximate surface area is 180 Å². The minimum Gasteiger partial charge on any atom is -0.370 e. The molecule has 3 heterocycles. The van der Waals surface area contributed by atoms with E-state index in [1.165, 1.54) is 5.56 Å². The van der Waals surface area contributed by atoms with E-state index in [-0.39, 0.29) is 22.9 Å². The van der Waals surface area contributed by atoms with Crippen LogP contribution in [0.4, 0.5) is 11.4 Å². The van der Waals surface area contributed by atoms with Crippen molar-refractivity contribution in [3.63, 3.8) is 0 Å². The first-order valence-electron chi connectivity index (χ1n) is 10.7. The lowest BCUT2D eigenvalue weighted by molar-refractivity contribution is -0.116. The van der Waals surface area contributed by atoms with Crippen molar-refractivity contribution in [1.29, 1.82) is 5.26 Å². The molecule has 2 aliphatic rings. The molecule has 1 aromatic heterocycles. The molecule has 31 heavy (non-hydrogen) atoms. The summed E-state index contributed by atoms with van der Waals surface area (Å²) in [6, 6.07) is 16.2. The number of fused-ring (bicyclic) bond motifs is 2. The molecule has 1 N–H and O–H groups in total. The number of carbonyl (C=O) groups is 1. The number of aryl methyl sites for hydroxylation is 1. The lowest BCUT2D eigenvalue weighted by atomic mass is 9.86. The number of carbonyl (C=O) groups excluding carboxylic acids is 1. The maximum atomic E-state index is 12.8. The van der Waals surface area contributed by atoms with Gasteiger partial charge in [0.2, 0.25) is 5.91 Å². The highest BCUT2D eigenvalue weighted by molar-refractivity contribution is 6.02. The fourth-order valence-corrected chi connectivity index (χ4v) is 5.03. The molecule has 2 aromatic carbocycles. The maximum Gasteiger partial charge on any atom is 0.270 e. The standard InChI is InChI=1S/C25H24N4O2/c1-15-19-13-17(7-8-21(19)27-24(15)30)16-9-11-29(12-10-16)23-18-5-3-4-6-22(18)28(2)25(31)20(23)14-26/h3-8,13,15-16H,9-12H2,1-2H3,(H,27,30)/t15-/m1/s1. The van der Waals surface area contributed by atoms with Crippen LogP contribution in [-0.4, -0.2) is 23.6 Å². The highest BCUT2D eigenvalue weighted by Crippen LogP contribution is 2.38. The number of para-hydroxylation sites is 1. The molecule has 0 aliphatic carbocycles. The summed E-state index contributed by atoms with van der Waals surface area (Å²) in [5, 5.41) is 13.6. The smallest absolute Gasteiger partial charge is 0.270 e. The van der Waals surface area contributed by atoms with Crippen LogP contribution in [0.1, 0.15) is 48.3 Å². The average molecular weight is 412 g/mol. The van der Waals surface area contributed by atoms with Gasteiger partial charge in [0.25, 0.3) is 5.56 Å². The van der Waals surface area contributed by atoms with Crippen molar-refractivity contribution in [2.24, 2.45) is 7.05 Å². The van der Waals surface area contributed by atoms with Gasteiger partial charge in [-0.25, -0.2) is 0 Å². The zero-order valence-corrected chi connectivity index (χ0v) is 17.7. The Kier molecular flexibility index (Phi) is 4.55. The number of piperidine rings is 1. The molecule has 3 aromatic rings. The summed E-state index contributed by atoms with van der Waals surface area (Å²) in [6.07, 6.45) is 1.87. The van der Waals surface area contributed by atoms with E-state index < -0.39 is 0 Å². The Balaban J connectivity index is 1.45. The van der Waals surface area contributed by atoms with Crippen molar-refractivity contribution >= 4 is 28.2 Å². The number of rotatable bonds is 2. The second-order valence-corrected chi connectivity index (χ2v) is 8.54. The number of hydrogen-bond acceptors (Lipinski definition) is 4. The summed E-state index contributed by atoms with van der Waals surface area (Å²) in [6.45, 7) is 3.50. The van der Waals surface area contributed by atoms with Crippen LogP contribution >= 0.6 is 0 Å². The van der Waals surface area contributed by atoms with E-state index in [4.69, 9.17) is 0 Å². The van der Waals surface area contributed by atoms with Crippen molar-refractivity contribution in [3.8, 4) is 6.07 Å². The molecular formula is C25H24N4O2. The molecule has 0 bridgehead atoms. The SMILES string of the molecule is C[C@H]1C(=O)Nc2ccc(C3CCN(c4c(C#N)c(=O)n(C)c5ccccc45)CC3)cc21. The number of nitrogens with zero attached hydrogens (tertiary/aromatic N) is 3. The normalized spacial score (nSPS) is 18.7. The van der Waals surface area contributed by atoms with Gasteiger partial charge in [-0.05, 0) is 48.9 Å². The molecule has 1 atom stereocenters. The zero-order valence-electron chi connectivity index (χ0n) is 17.7. The number of hydrogen-bond donors (Lipinski definition) is 1. The molecular weight excluding hydrogens is 388 g/mol. The Hall–Kier alpha value is -3.59. The van der Waals surface area contributed by atoms with Crippen LogP contribution in [0, 0.1) is 11.3 Å². The number of aromatic nitrogens is 1. The van der Waals surface area contributed by atoms with E-state index in [9.17, 15) is 14.9 Å². The molecule has 156 valence electrons. The first kappa shape index (κ1) is 19.4. The van der Waals surface area contributed by atoms with Crippen LogP contribution < -0.4 is 15.8 Å². The van der Waals surface area contributed by atoms with E-state index in [0.717, 1.165) is 53.8 Å². The molecule has 1 amide bonds. The predicted octanol–water partition coefficient (Wildman–Crippen LogP) is 3.85. The third-order valence-electron chi connectivity index (χ3n) is 6.86. The number of pyridine rings is 1. The highest BCUT2D eigenvalue weighted by Gasteiger charge is 2.29. The molecule has 6 heteroatoms. The Morgan fingerprint density at radius 3 is 2.58 bits per heavy atom. The summed E-state index contributed by atoms with van der Waals surface area (Å²) in [4.78, 5) is 27.0. The summed E-state index contributed by atoms with van der Waals surface area (Å²) in [5.74, 6) is 0.344. The quantitative estimate of drug-likeness (QED) is 0.694. The number of amides is 1. The minimum absolute atomic E-state index is 0.0588. The van der Waals surface area contributed by atoms with Crippen LogP contribution in [0.2, 0.25) is 0 Å². The zero-order chi connectivity index (χ0) is 21.7. The number of nitrogens with one attached hydrogen (secondary N) is 1. The van der Waals surface area contributed by atoms with E-state index in [1.54, 1.807) is 11.6 Å². The summed E-state index contributed by atoms with van der Waals surface area (Å²) >= 11 is 0. The third-order valence-corrected chi connectivity index (χ3v) is 6.86. The number of nitriles is 1. The average Bonchev–Trinajstić information content (AvgIpc) is 3.09. The van der Waals surface area contributed by atoms with Crippen molar-refractivity contribution in [3.05, 3.63) is 69.5 Å². The van der Waals surface area contributed by atoms with Crippen LogP contribution in [0.3, 0.4) is 0 Å². The molecule has 1 fully saturated rings. The van der Waals surface area contributed by atoms with Crippen LogP contribution in [0.15, 0.2) is 47.3 Å². The van der Waals surface area contributed by atoms with Gasteiger partial charge in [-0.3, -0.25) is 9.59 Å². The number of anilines is 2. The summed E-state index contributed by atoms with van der Waals surface area (Å²) in [7, 11) is 1.72. The summed E-state index contributed by atoms with van der Waals surface area (Å²) in [5.41, 5.74) is 4.83. The molecule has 0 unspecified atom stereocenters. The topological polar surface area (TPSA) is 78.1 Å². The lowest BCUT2D eigenvalue weighted by Gasteiger charge is -2.35. The van der Waals surface area contributed by atoms with Gasteiger partial charge in [0.05, 0.1) is 17.1 Å². The monoisotopic (exact) mass is 412 g/mol. The van der Waals surface area contributed by atoms with Gasteiger partial charge in [0.15, 0.2) is 0 Å². The lowest BCUT2D eigenvalue weighted by Crippen LogP contribution is -2.35. The van der Waals surface area contributed by atoms with Crippen molar-refractivity contribution in [2.75, 3.05) is 23.3 Å². The van der Waals surface area contributed by atoms with Gasteiger partial charge < -0.3 is 14.8 Å². The van der Waals surface area contributed by atoms with Crippen molar-refractivity contribution in [2.45, 2.75) is 31.6 Å². The first-order valence-corrected chi connectivity index (χ1v) is 10.7. The Morgan fingerprint density at radius 1 is 1.10 bits per heavy atom. The second kappa shape index (κ2) is 7.28. The van der Waals surface area contributed by atoms with Gasteiger partial charge in [0.1, 0.15) is 11.6 Å². The predicted molar refractivity (Wildman–Crippen MR) is 122 cm³/mol. The van der Waals surface area contributed by atoms with E-state index in [1.807, 2.05) is 37.3 Å². The number of benzene rings is 2. The van der Waals surface area contributed by atoms with Gasteiger partial charge in [-0.2, -0.15) is 5.26 Å². The maximum absolute atomic E-state index is 12.8. The van der Waals surface area contributed by atoms with Crippen molar-refractivity contribution in [1.82, 2.24) is 4.57 Å². The molecule has 0 spiro atoms. The molecule has 6 nitrogen and oxygen atoms in total. The van der Waals surface area contributed by atoms with Crippen LogP contribution in [0.5, 0.6) is 0 Å². The molecule has 2 aliphatic heterocycles. The van der Waals surface area contributed by atoms with Gasteiger partial charge in [0, 0.05) is 31.2 Å². The molecule has 0 saturated carbocycles. The van der Waals surface area contributed by atoms with Gasteiger partial charge in [-0.15, -0.1) is 0 Å². The third kappa shape index (κ3) is 3.00. The fraction of sp³-hybridized carbons (Fsp3) is 0.320. The van der Waals surface area contributed by atoms with Crippen molar-refractivity contribution < 1.29 is 4.79 Å². The van der Waals surface area contributed by atoms with Gasteiger partial charge >= 0.3 is 0 Å². The van der Waals surface area contributed by atoms with Crippen LogP contribution in [0.25, 0.3) is 10.9 Å². The van der Waals surface area contributed by atoms with Gasteiger partial charge in [-0.1, -0.05) is 30.3 Å². The van der Waals surface area contributed by atoms with Crippen LogP contribution in [-0.2, 0) is 11.8 Å². The second-order valence-electron chi connectivity index (χ2n) is 8.54. The van der Waals surface area contributed by atoms with E-state index >= 15 is 0 Å². The minimum atomic E-state index is -0.247. The Bertz CT molecular complexity index is 1310. The van der Waals surface area contributed by atoms with E-state index in [0.29, 0.717) is 5.92 Å². The van der Waals surface area contributed by atoms with E-state index in [2.05, 4.69) is 28.4 Å². The highest BCUT2D eigenvalue weighted by atomic mass is 16.2. The fourth-order valence-electron chi connectivity index (χ4n) is 5.03. The largest absolute Gasteiger partial charge is 0.370 e.